The Hall–Kier alpha value is -1.75. The minimum Gasteiger partial charge on any atom is -0.493 e. The third kappa shape index (κ3) is 3.09. The highest BCUT2D eigenvalue weighted by atomic mass is 16.7. The summed E-state index contributed by atoms with van der Waals surface area (Å²) in [4.78, 5) is 5.81. The van der Waals surface area contributed by atoms with Gasteiger partial charge in [0.05, 0.1) is 32.1 Å². The van der Waals surface area contributed by atoms with Crippen molar-refractivity contribution < 1.29 is 19.0 Å². The zero-order chi connectivity index (χ0) is 16.4. The smallest absolute Gasteiger partial charge is 0.162 e. The molecule has 1 saturated heterocycles. The molecule has 1 aromatic rings. The van der Waals surface area contributed by atoms with E-state index in [9.17, 15) is 0 Å². The molecule has 24 heavy (non-hydrogen) atoms. The molecule has 1 spiro atoms. The fraction of sp³-hybridized carbons (Fsp3) is 0.632. The quantitative estimate of drug-likeness (QED) is 0.844. The number of benzene rings is 1. The van der Waals surface area contributed by atoms with Gasteiger partial charge in [-0.25, -0.2) is 0 Å². The maximum absolute atomic E-state index is 6.19. The third-order valence-corrected chi connectivity index (χ3v) is 5.34. The lowest BCUT2D eigenvalue weighted by atomic mass is 9.87. The van der Waals surface area contributed by atoms with E-state index < -0.39 is 0 Å². The molecule has 3 aliphatic rings. The van der Waals surface area contributed by atoms with Gasteiger partial charge in [0.1, 0.15) is 5.60 Å². The van der Waals surface area contributed by atoms with E-state index in [0.29, 0.717) is 6.10 Å². The number of methoxy groups -OCH3 is 1. The van der Waals surface area contributed by atoms with Crippen LogP contribution >= 0.6 is 0 Å². The fourth-order valence-corrected chi connectivity index (χ4v) is 3.82. The molecule has 2 aliphatic heterocycles. The molecule has 1 saturated carbocycles. The normalized spacial score (nSPS) is 23.1. The number of rotatable bonds is 4. The Balaban J connectivity index is 1.53. The van der Waals surface area contributed by atoms with E-state index >= 15 is 0 Å². The molecule has 0 unspecified atom stereocenters. The van der Waals surface area contributed by atoms with E-state index in [1.165, 1.54) is 12.8 Å². The average molecular weight is 331 g/mol. The van der Waals surface area contributed by atoms with E-state index in [2.05, 4.69) is 11.2 Å². The Morgan fingerprint density at radius 3 is 2.67 bits per heavy atom. The van der Waals surface area contributed by atoms with Crippen LogP contribution in [0.1, 0.15) is 50.5 Å². The lowest BCUT2D eigenvalue weighted by Gasteiger charge is -2.30. The second kappa shape index (κ2) is 6.63. The van der Waals surface area contributed by atoms with Gasteiger partial charge in [-0.15, -0.1) is 0 Å². The van der Waals surface area contributed by atoms with Crippen molar-refractivity contribution in [1.82, 2.24) is 0 Å². The van der Waals surface area contributed by atoms with Crippen LogP contribution in [0.5, 0.6) is 11.5 Å². The first-order chi connectivity index (χ1) is 11.8. The van der Waals surface area contributed by atoms with Crippen LogP contribution in [-0.4, -0.2) is 37.7 Å². The molecule has 0 radical (unpaired) electrons. The van der Waals surface area contributed by atoms with Crippen LogP contribution in [0, 0.1) is 0 Å². The van der Waals surface area contributed by atoms with Gasteiger partial charge in [-0.3, -0.25) is 0 Å². The molecule has 0 aromatic heterocycles. The van der Waals surface area contributed by atoms with Gasteiger partial charge in [0.2, 0.25) is 0 Å². The lowest BCUT2D eigenvalue weighted by molar-refractivity contribution is -0.0919. The number of nitrogens with zero attached hydrogens (tertiary/aromatic N) is 1. The molecular weight excluding hydrogens is 306 g/mol. The highest BCUT2D eigenvalue weighted by molar-refractivity contribution is 6.02. The molecule has 2 heterocycles. The summed E-state index contributed by atoms with van der Waals surface area (Å²) in [6.45, 7) is 1.50. The predicted octanol–water partition coefficient (Wildman–Crippen LogP) is 3.69. The molecular formula is C19H25NO4. The summed E-state index contributed by atoms with van der Waals surface area (Å²) in [5.41, 5.74) is 1.89. The van der Waals surface area contributed by atoms with Gasteiger partial charge in [0.15, 0.2) is 11.5 Å². The van der Waals surface area contributed by atoms with Gasteiger partial charge >= 0.3 is 0 Å². The summed E-state index contributed by atoms with van der Waals surface area (Å²) in [6, 6.07) is 6.07. The number of ether oxygens (including phenoxy) is 3. The van der Waals surface area contributed by atoms with Gasteiger partial charge in [0.25, 0.3) is 0 Å². The largest absolute Gasteiger partial charge is 0.493 e. The molecule has 0 N–H and O–H groups in total. The Morgan fingerprint density at radius 2 is 1.92 bits per heavy atom. The second-order valence-electron chi connectivity index (χ2n) is 6.99. The molecule has 0 atom stereocenters. The lowest BCUT2D eigenvalue weighted by Crippen LogP contribution is -2.36. The number of hydrogen-bond acceptors (Lipinski definition) is 5. The predicted molar refractivity (Wildman–Crippen MR) is 90.9 cm³/mol. The number of oxime groups is 1. The van der Waals surface area contributed by atoms with E-state index in [1.54, 1.807) is 7.11 Å². The molecule has 5 nitrogen and oxygen atoms in total. The molecule has 0 bridgehead atoms. The van der Waals surface area contributed by atoms with Gasteiger partial charge < -0.3 is 19.0 Å². The second-order valence-corrected chi connectivity index (χ2v) is 6.99. The van der Waals surface area contributed by atoms with Crippen molar-refractivity contribution in [2.24, 2.45) is 5.16 Å². The minimum absolute atomic E-state index is 0.167. The molecule has 1 aliphatic carbocycles. The zero-order valence-corrected chi connectivity index (χ0v) is 14.3. The van der Waals surface area contributed by atoms with Crippen LogP contribution in [0.3, 0.4) is 0 Å². The first kappa shape index (κ1) is 15.8. The highest BCUT2D eigenvalue weighted by Gasteiger charge is 2.41. The van der Waals surface area contributed by atoms with E-state index in [0.717, 1.165) is 68.1 Å². The van der Waals surface area contributed by atoms with Crippen molar-refractivity contribution in [2.45, 2.75) is 56.7 Å². The summed E-state index contributed by atoms with van der Waals surface area (Å²) in [6.07, 6.45) is 7.70. The Morgan fingerprint density at radius 1 is 1.12 bits per heavy atom. The minimum atomic E-state index is -0.167. The van der Waals surface area contributed by atoms with E-state index in [4.69, 9.17) is 19.0 Å². The summed E-state index contributed by atoms with van der Waals surface area (Å²) in [7, 11) is 1.68. The summed E-state index contributed by atoms with van der Waals surface area (Å²) >= 11 is 0. The SMILES string of the molecule is COc1ccc(C2=NOC3(CCOCC3)C2)cc1OC1CCCC1. The van der Waals surface area contributed by atoms with Gasteiger partial charge in [-0.2, -0.15) is 0 Å². The fourth-order valence-electron chi connectivity index (χ4n) is 3.82. The molecule has 4 rings (SSSR count). The first-order valence-electron chi connectivity index (χ1n) is 8.96. The summed E-state index contributed by atoms with van der Waals surface area (Å²) in [5, 5.41) is 4.38. The van der Waals surface area contributed by atoms with Gasteiger partial charge in [-0.05, 0) is 43.9 Å². The molecule has 5 heteroatoms. The van der Waals surface area contributed by atoms with Gasteiger partial charge in [-0.1, -0.05) is 5.16 Å². The average Bonchev–Trinajstić information content (AvgIpc) is 3.26. The van der Waals surface area contributed by atoms with Crippen molar-refractivity contribution >= 4 is 5.71 Å². The van der Waals surface area contributed by atoms with Crippen molar-refractivity contribution in [3.05, 3.63) is 23.8 Å². The van der Waals surface area contributed by atoms with Crippen LogP contribution in [0.4, 0.5) is 0 Å². The Labute approximate surface area is 142 Å². The standard InChI is InChI=1S/C19H25NO4/c1-21-17-7-6-14(12-18(17)23-15-4-2-3-5-15)16-13-19(24-20-16)8-10-22-11-9-19/h6-7,12,15H,2-5,8-11,13H2,1H3. The van der Waals surface area contributed by atoms with Crippen LogP contribution in [0.25, 0.3) is 0 Å². The Bertz CT molecular complexity index is 616. The van der Waals surface area contributed by atoms with E-state index in [-0.39, 0.29) is 5.60 Å². The van der Waals surface area contributed by atoms with Gasteiger partial charge in [0, 0.05) is 24.8 Å². The number of hydrogen-bond donors (Lipinski definition) is 0. The van der Waals surface area contributed by atoms with Crippen molar-refractivity contribution in [2.75, 3.05) is 20.3 Å². The van der Waals surface area contributed by atoms with Crippen molar-refractivity contribution in [1.29, 1.82) is 0 Å². The van der Waals surface area contributed by atoms with Crippen molar-refractivity contribution in [3.63, 3.8) is 0 Å². The summed E-state index contributed by atoms with van der Waals surface area (Å²) in [5.74, 6) is 1.60. The van der Waals surface area contributed by atoms with Crippen LogP contribution < -0.4 is 9.47 Å². The molecule has 130 valence electrons. The van der Waals surface area contributed by atoms with Crippen LogP contribution in [0.15, 0.2) is 23.4 Å². The maximum Gasteiger partial charge on any atom is 0.162 e. The topological polar surface area (TPSA) is 49.3 Å². The molecule has 1 aromatic carbocycles. The van der Waals surface area contributed by atoms with Crippen LogP contribution in [-0.2, 0) is 9.57 Å². The Kier molecular flexibility index (Phi) is 4.35. The highest BCUT2D eigenvalue weighted by Crippen LogP contribution is 2.38. The molecule has 2 fully saturated rings. The maximum atomic E-state index is 6.19. The van der Waals surface area contributed by atoms with Crippen molar-refractivity contribution in [3.8, 4) is 11.5 Å². The third-order valence-electron chi connectivity index (χ3n) is 5.34. The first-order valence-corrected chi connectivity index (χ1v) is 8.96. The molecule has 0 amide bonds. The zero-order valence-electron chi connectivity index (χ0n) is 14.3. The summed E-state index contributed by atoms with van der Waals surface area (Å²) < 4.78 is 17.1. The monoisotopic (exact) mass is 331 g/mol. The van der Waals surface area contributed by atoms with E-state index in [1.807, 2.05) is 12.1 Å². The van der Waals surface area contributed by atoms with Crippen LogP contribution in [0.2, 0.25) is 0 Å².